The highest BCUT2D eigenvalue weighted by Gasteiger charge is 2.07. The molecule has 0 aliphatic rings. The molecule has 1 amide bonds. The van der Waals surface area contributed by atoms with Crippen molar-refractivity contribution in [1.82, 2.24) is 24.9 Å². The lowest BCUT2D eigenvalue weighted by molar-refractivity contribution is -0.121. The van der Waals surface area contributed by atoms with Gasteiger partial charge in [0.1, 0.15) is 0 Å². The lowest BCUT2D eigenvalue weighted by Gasteiger charge is -2.05. The number of carbonyl (C=O) groups is 2. The van der Waals surface area contributed by atoms with Crippen molar-refractivity contribution >= 4 is 23.5 Å². The topological polar surface area (TPSA) is 102 Å². The predicted molar refractivity (Wildman–Crippen MR) is 83.4 cm³/mol. The Morgan fingerprint density at radius 3 is 2.70 bits per heavy atom. The van der Waals surface area contributed by atoms with Crippen molar-refractivity contribution in [3.8, 4) is 0 Å². The molecule has 0 unspecified atom stereocenters. The largest absolute Gasteiger partial charge is 0.478 e. The third-order valence-electron chi connectivity index (χ3n) is 3.22. The standard InChI is InChI=1S/C14H18ClN5O3/c1-10-12(15)9-20(18-10)5-2-4-16-13(21)3-6-19-8-11(7-17-19)14(22)23/h7-9H,2-6H2,1H3,(H,16,21)(H,22,23). The summed E-state index contributed by atoms with van der Waals surface area (Å²) in [5.41, 5.74) is 0.897. The number of carboxylic acids is 1. The highest BCUT2D eigenvalue weighted by Crippen LogP contribution is 2.11. The summed E-state index contributed by atoms with van der Waals surface area (Å²) in [4.78, 5) is 22.4. The Morgan fingerprint density at radius 1 is 1.30 bits per heavy atom. The smallest absolute Gasteiger partial charge is 0.338 e. The average Bonchev–Trinajstić information content (AvgIpc) is 3.09. The Bertz CT molecular complexity index is 675. The summed E-state index contributed by atoms with van der Waals surface area (Å²) >= 11 is 5.92. The molecule has 0 bridgehead atoms. The van der Waals surface area contributed by atoms with E-state index in [-0.39, 0.29) is 17.9 Å². The molecule has 0 aromatic carbocycles. The Morgan fingerprint density at radius 2 is 2.09 bits per heavy atom. The first-order valence-corrected chi connectivity index (χ1v) is 7.55. The summed E-state index contributed by atoms with van der Waals surface area (Å²) < 4.78 is 3.19. The maximum atomic E-state index is 11.7. The molecule has 0 aliphatic heterocycles. The number of hydrogen-bond acceptors (Lipinski definition) is 4. The zero-order valence-electron chi connectivity index (χ0n) is 12.7. The third-order valence-corrected chi connectivity index (χ3v) is 3.59. The lowest BCUT2D eigenvalue weighted by atomic mass is 10.3. The molecule has 2 heterocycles. The molecule has 2 rings (SSSR count). The minimum Gasteiger partial charge on any atom is -0.478 e. The summed E-state index contributed by atoms with van der Waals surface area (Å²) in [5.74, 6) is -1.14. The summed E-state index contributed by atoms with van der Waals surface area (Å²) in [7, 11) is 0. The Kier molecular flexibility index (Phi) is 5.75. The quantitative estimate of drug-likeness (QED) is 0.706. The zero-order chi connectivity index (χ0) is 16.8. The van der Waals surface area contributed by atoms with Crippen LogP contribution in [-0.4, -0.2) is 43.1 Å². The Labute approximate surface area is 138 Å². The van der Waals surface area contributed by atoms with Crippen LogP contribution in [0.3, 0.4) is 0 Å². The molecule has 0 fully saturated rings. The molecule has 8 nitrogen and oxygen atoms in total. The highest BCUT2D eigenvalue weighted by atomic mass is 35.5. The molecule has 0 spiro atoms. The van der Waals surface area contributed by atoms with Crippen LogP contribution in [0.4, 0.5) is 0 Å². The van der Waals surface area contributed by atoms with Gasteiger partial charge in [0, 0.05) is 38.4 Å². The van der Waals surface area contributed by atoms with E-state index in [2.05, 4.69) is 15.5 Å². The van der Waals surface area contributed by atoms with Crippen LogP contribution < -0.4 is 5.32 Å². The average molecular weight is 340 g/mol. The second-order valence-corrected chi connectivity index (χ2v) is 5.48. The van der Waals surface area contributed by atoms with Crippen molar-refractivity contribution in [2.45, 2.75) is 32.9 Å². The van der Waals surface area contributed by atoms with Gasteiger partial charge in [-0.15, -0.1) is 0 Å². The van der Waals surface area contributed by atoms with Crippen LogP contribution in [0.2, 0.25) is 5.02 Å². The van der Waals surface area contributed by atoms with Gasteiger partial charge in [0.25, 0.3) is 0 Å². The fourth-order valence-electron chi connectivity index (χ4n) is 1.98. The fraction of sp³-hybridized carbons (Fsp3) is 0.429. The number of nitrogens with one attached hydrogen (secondary N) is 1. The summed E-state index contributed by atoms with van der Waals surface area (Å²) in [6, 6.07) is 0. The number of halogens is 1. The van der Waals surface area contributed by atoms with Crippen molar-refractivity contribution < 1.29 is 14.7 Å². The SMILES string of the molecule is Cc1nn(CCCNC(=O)CCn2cc(C(=O)O)cn2)cc1Cl. The summed E-state index contributed by atoms with van der Waals surface area (Å²) in [6.45, 7) is 3.39. The van der Waals surface area contributed by atoms with Crippen LogP contribution in [0.15, 0.2) is 18.6 Å². The number of aromatic carboxylic acids is 1. The lowest BCUT2D eigenvalue weighted by Crippen LogP contribution is -2.26. The van der Waals surface area contributed by atoms with E-state index in [9.17, 15) is 9.59 Å². The van der Waals surface area contributed by atoms with Crippen molar-refractivity contribution in [2.75, 3.05) is 6.54 Å². The molecular formula is C14H18ClN5O3. The molecule has 9 heteroatoms. The molecule has 23 heavy (non-hydrogen) atoms. The number of hydrogen-bond donors (Lipinski definition) is 2. The third kappa shape index (κ3) is 5.10. The maximum absolute atomic E-state index is 11.7. The van der Waals surface area contributed by atoms with Gasteiger partial charge in [0.05, 0.1) is 22.5 Å². The van der Waals surface area contributed by atoms with Crippen molar-refractivity contribution in [2.24, 2.45) is 0 Å². The van der Waals surface area contributed by atoms with Crippen LogP contribution in [-0.2, 0) is 17.9 Å². The second-order valence-electron chi connectivity index (χ2n) is 5.08. The van der Waals surface area contributed by atoms with E-state index in [1.807, 2.05) is 6.92 Å². The first kappa shape index (κ1) is 17.0. The first-order valence-electron chi connectivity index (χ1n) is 7.17. The van der Waals surface area contributed by atoms with Crippen LogP contribution >= 0.6 is 11.6 Å². The van der Waals surface area contributed by atoms with E-state index >= 15 is 0 Å². The van der Waals surface area contributed by atoms with Crippen LogP contribution in [0.5, 0.6) is 0 Å². The minimum absolute atomic E-state index is 0.105. The number of carbonyl (C=O) groups excluding carboxylic acids is 1. The van der Waals surface area contributed by atoms with Gasteiger partial charge in [0.2, 0.25) is 5.91 Å². The molecular weight excluding hydrogens is 322 g/mol. The van der Waals surface area contributed by atoms with E-state index in [1.165, 1.54) is 17.1 Å². The van der Waals surface area contributed by atoms with Crippen LogP contribution in [0.25, 0.3) is 0 Å². The highest BCUT2D eigenvalue weighted by molar-refractivity contribution is 6.31. The molecule has 0 saturated carbocycles. The van der Waals surface area contributed by atoms with E-state index in [1.54, 1.807) is 10.9 Å². The van der Waals surface area contributed by atoms with Crippen molar-refractivity contribution in [3.05, 3.63) is 34.9 Å². The summed E-state index contributed by atoms with van der Waals surface area (Å²) in [6.07, 6.45) is 5.41. The molecule has 124 valence electrons. The minimum atomic E-state index is -1.03. The monoisotopic (exact) mass is 339 g/mol. The summed E-state index contributed by atoms with van der Waals surface area (Å²) in [5, 5.41) is 20.3. The van der Waals surface area contributed by atoms with Gasteiger partial charge in [-0.05, 0) is 13.3 Å². The van der Waals surface area contributed by atoms with Gasteiger partial charge < -0.3 is 10.4 Å². The number of nitrogens with zero attached hydrogens (tertiary/aromatic N) is 4. The number of amides is 1. The first-order chi connectivity index (χ1) is 11.0. The van der Waals surface area contributed by atoms with Gasteiger partial charge in [-0.2, -0.15) is 10.2 Å². The molecule has 0 aliphatic carbocycles. The van der Waals surface area contributed by atoms with Gasteiger partial charge in [-0.3, -0.25) is 14.2 Å². The van der Waals surface area contributed by atoms with Gasteiger partial charge in [-0.1, -0.05) is 11.6 Å². The van der Waals surface area contributed by atoms with Crippen LogP contribution in [0, 0.1) is 6.92 Å². The predicted octanol–water partition coefficient (Wildman–Crippen LogP) is 1.34. The van der Waals surface area contributed by atoms with Gasteiger partial charge in [-0.25, -0.2) is 4.79 Å². The molecule has 2 aromatic heterocycles. The van der Waals surface area contributed by atoms with Gasteiger partial charge in [0.15, 0.2) is 0 Å². The number of carboxylic acid groups (broad SMARTS) is 1. The maximum Gasteiger partial charge on any atom is 0.338 e. The van der Waals surface area contributed by atoms with E-state index < -0.39 is 5.97 Å². The van der Waals surface area contributed by atoms with E-state index in [0.29, 0.717) is 24.7 Å². The van der Waals surface area contributed by atoms with E-state index in [0.717, 1.165) is 12.1 Å². The normalized spacial score (nSPS) is 10.7. The molecule has 0 radical (unpaired) electrons. The number of aryl methyl sites for hydroxylation is 3. The van der Waals surface area contributed by atoms with Crippen molar-refractivity contribution in [1.29, 1.82) is 0 Å². The van der Waals surface area contributed by atoms with E-state index in [4.69, 9.17) is 16.7 Å². The Balaban J connectivity index is 1.64. The Hall–Kier alpha value is -2.35. The fourth-order valence-corrected chi connectivity index (χ4v) is 2.13. The number of aromatic nitrogens is 4. The second kappa shape index (κ2) is 7.77. The molecule has 2 N–H and O–H groups in total. The molecule has 2 aromatic rings. The van der Waals surface area contributed by atoms with Crippen LogP contribution in [0.1, 0.15) is 28.9 Å². The van der Waals surface area contributed by atoms with Crippen molar-refractivity contribution in [3.63, 3.8) is 0 Å². The molecule has 0 atom stereocenters. The van der Waals surface area contributed by atoms with Gasteiger partial charge >= 0.3 is 5.97 Å². The zero-order valence-corrected chi connectivity index (χ0v) is 13.5. The number of rotatable bonds is 8. The molecule has 0 saturated heterocycles.